The molecule has 0 radical (unpaired) electrons. The van der Waals surface area contributed by atoms with Crippen LogP contribution in [0.4, 0.5) is 5.69 Å². The van der Waals surface area contributed by atoms with Gasteiger partial charge in [0.05, 0.1) is 16.5 Å². The first kappa shape index (κ1) is 30.9. The van der Waals surface area contributed by atoms with Gasteiger partial charge >= 0.3 is 0 Å². The van der Waals surface area contributed by atoms with Crippen LogP contribution in [-0.4, -0.2) is 45.4 Å². The number of rotatable bonds is 1. The average molecular weight is 615 g/mol. The molecule has 2 aliphatic heterocycles. The van der Waals surface area contributed by atoms with Gasteiger partial charge in [-0.15, -0.1) is 0 Å². The van der Waals surface area contributed by atoms with Gasteiger partial charge in [0.2, 0.25) is 10.0 Å². The lowest BCUT2D eigenvalue weighted by Gasteiger charge is -2.48. The van der Waals surface area contributed by atoms with Crippen molar-refractivity contribution >= 4 is 33.2 Å². The lowest BCUT2D eigenvalue weighted by atomic mass is 9.64. The molecule has 3 aliphatic rings. The molecule has 2 heterocycles. The van der Waals surface area contributed by atoms with Crippen LogP contribution < -0.4 is 14.4 Å². The quantitative estimate of drug-likeness (QED) is 0.367. The molecule has 1 amide bonds. The zero-order valence-electron chi connectivity index (χ0n) is 25.1. The van der Waals surface area contributed by atoms with Crippen LogP contribution >= 0.6 is 11.6 Å². The first-order valence-electron chi connectivity index (χ1n) is 15.1. The lowest BCUT2D eigenvalue weighted by molar-refractivity contribution is -0.0620. The number of aryl methyl sites for hydroxylation is 1. The molecule has 1 fully saturated rings. The average Bonchev–Trinajstić information content (AvgIpc) is 2.97. The molecule has 2 aromatic carbocycles. The predicted molar refractivity (Wildman–Crippen MR) is 168 cm³/mol. The first-order valence-corrected chi connectivity index (χ1v) is 17.0. The molecular weight excluding hydrogens is 572 g/mol. The Bertz CT molecular complexity index is 1440. The van der Waals surface area contributed by atoms with Crippen LogP contribution in [0.2, 0.25) is 5.02 Å². The molecule has 9 heteroatoms. The van der Waals surface area contributed by atoms with Gasteiger partial charge in [-0.3, -0.25) is 4.79 Å². The van der Waals surface area contributed by atoms with Crippen molar-refractivity contribution in [2.45, 2.75) is 76.8 Å². The monoisotopic (exact) mass is 614 g/mol. The van der Waals surface area contributed by atoms with E-state index in [1.165, 1.54) is 5.56 Å². The minimum atomic E-state index is -3.90. The largest absolute Gasteiger partial charge is 0.487 e. The van der Waals surface area contributed by atoms with Crippen molar-refractivity contribution in [1.82, 2.24) is 4.72 Å². The number of benzene rings is 2. The minimum Gasteiger partial charge on any atom is -0.487 e. The van der Waals surface area contributed by atoms with Crippen molar-refractivity contribution in [2.75, 3.05) is 25.1 Å². The summed E-state index contributed by atoms with van der Waals surface area (Å²) in [5, 5.41) is -0.0341. The molecule has 2 bridgehead atoms. The maximum Gasteiger partial charge on any atom is 0.264 e. The van der Waals surface area contributed by atoms with E-state index in [0.29, 0.717) is 36.2 Å². The number of carbonyl (C=O) groups excluding carboxylic acids is 1. The second-order valence-electron chi connectivity index (χ2n) is 12.4. The van der Waals surface area contributed by atoms with Crippen LogP contribution in [0.1, 0.15) is 74.4 Å². The Labute approximate surface area is 255 Å². The van der Waals surface area contributed by atoms with Gasteiger partial charge in [-0.05, 0) is 112 Å². The number of ether oxygens (including phenoxy) is 2. The summed E-state index contributed by atoms with van der Waals surface area (Å²) in [5.74, 6) is 0.582. The number of sulfonamides is 1. The molecule has 0 spiro atoms. The number of hydrogen-bond donors (Lipinski definition) is 1. The molecular formula is C33H43ClN2O5S. The van der Waals surface area contributed by atoms with Crippen molar-refractivity contribution in [3.63, 3.8) is 0 Å². The molecule has 0 saturated heterocycles. The van der Waals surface area contributed by atoms with Gasteiger partial charge in [-0.1, -0.05) is 36.7 Å². The first-order chi connectivity index (χ1) is 20.0. The number of hydrogen-bond acceptors (Lipinski definition) is 6. The molecule has 5 rings (SSSR count). The van der Waals surface area contributed by atoms with Gasteiger partial charge in [0.15, 0.2) is 0 Å². The summed E-state index contributed by atoms with van der Waals surface area (Å²) >= 11 is 6.32. The number of anilines is 1. The van der Waals surface area contributed by atoms with Crippen molar-refractivity contribution in [1.29, 1.82) is 0 Å². The van der Waals surface area contributed by atoms with E-state index < -0.39 is 26.8 Å². The van der Waals surface area contributed by atoms with E-state index in [2.05, 4.69) is 28.7 Å². The normalized spacial score (nSPS) is 30.8. The topological polar surface area (TPSA) is 84.9 Å². The minimum absolute atomic E-state index is 0.188. The fourth-order valence-electron chi connectivity index (χ4n) is 6.54. The highest BCUT2D eigenvalue weighted by Gasteiger charge is 2.44. The molecule has 0 aromatic heterocycles. The Balaban J connectivity index is 1.57. The molecule has 5 atom stereocenters. The highest BCUT2D eigenvalue weighted by Crippen LogP contribution is 2.46. The molecule has 42 heavy (non-hydrogen) atoms. The molecule has 1 saturated carbocycles. The van der Waals surface area contributed by atoms with E-state index in [1.54, 1.807) is 32.2 Å². The van der Waals surface area contributed by atoms with Crippen molar-refractivity contribution in [3.05, 3.63) is 70.3 Å². The van der Waals surface area contributed by atoms with Crippen molar-refractivity contribution in [3.8, 4) is 5.75 Å². The smallest absolute Gasteiger partial charge is 0.264 e. The maximum atomic E-state index is 13.3. The molecule has 7 nitrogen and oxygen atoms in total. The van der Waals surface area contributed by atoms with Gasteiger partial charge in [0.1, 0.15) is 12.4 Å². The highest BCUT2D eigenvalue weighted by atomic mass is 35.5. The van der Waals surface area contributed by atoms with Gasteiger partial charge in [0, 0.05) is 30.8 Å². The van der Waals surface area contributed by atoms with E-state index >= 15 is 0 Å². The van der Waals surface area contributed by atoms with Crippen LogP contribution in [0, 0.1) is 17.8 Å². The van der Waals surface area contributed by atoms with E-state index in [0.717, 1.165) is 61.5 Å². The van der Waals surface area contributed by atoms with E-state index in [4.69, 9.17) is 21.1 Å². The molecule has 1 N–H and O–H groups in total. The number of allylic oxidation sites excluding steroid dienone is 1. The third kappa shape index (κ3) is 6.51. The number of nitrogens with zero attached hydrogens (tertiary/aromatic N) is 1. The zero-order chi connectivity index (χ0) is 30.1. The molecule has 1 aliphatic carbocycles. The second-order valence-corrected chi connectivity index (χ2v) is 14.9. The van der Waals surface area contributed by atoms with Gasteiger partial charge in [-0.25, -0.2) is 13.1 Å². The Morgan fingerprint density at radius 3 is 2.64 bits per heavy atom. The summed E-state index contributed by atoms with van der Waals surface area (Å²) in [7, 11) is -2.14. The summed E-state index contributed by atoms with van der Waals surface area (Å²) in [5.41, 5.74) is 2.94. The van der Waals surface area contributed by atoms with E-state index in [-0.39, 0.29) is 5.92 Å². The fraction of sp³-hybridized carbons (Fsp3) is 0.545. The number of methoxy groups -OCH3 is 1. The van der Waals surface area contributed by atoms with Crippen LogP contribution in [-0.2, 0) is 27.8 Å². The fourth-order valence-corrected chi connectivity index (χ4v) is 8.02. The summed E-state index contributed by atoms with van der Waals surface area (Å²) in [6, 6.07) is 11.2. The third-order valence-corrected chi connectivity index (χ3v) is 11.9. The molecule has 2 aromatic rings. The van der Waals surface area contributed by atoms with Crippen LogP contribution in [0.3, 0.4) is 0 Å². The number of halogens is 1. The number of fused-ring (bicyclic) bond motifs is 3. The Kier molecular flexibility index (Phi) is 9.26. The number of amides is 1. The Morgan fingerprint density at radius 2 is 1.90 bits per heavy atom. The standard InChI is InChI=1S/C33H43ClN2O5S/c1-22-8-7-16-33(3,40-4)29-14-11-26(29)20-36-17-6-5-9-24-18-28(34)13-10-27(24)21-41-31-15-12-25(19-30(31)36)32(37)35-42(38,39)23(22)2/h7,10,12-13,15-16,18-19,22-23,26,29H,5-6,8-9,11,14,17,20-21H2,1-4H3,(H,35,37)/b16-7+/t22-,23+,26-,29+,33-/m0/s1. The van der Waals surface area contributed by atoms with Crippen LogP contribution in [0.15, 0.2) is 48.6 Å². The van der Waals surface area contributed by atoms with Crippen molar-refractivity contribution < 1.29 is 22.7 Å². The Morgan fingerprint density at radius 1 is 1.10 bits per heavy atom. The van der Waals surface area contributed by atoms with E-state index in [1.807, 2.05) is 25.1 Å². The Hall–Kier alpha value is -2.55. The maximum absolute atomic E-state index is 13.3. The summed E-state index contributed by atoms with van der Waals surface area (Å²) < 4.78 is 41.4. The highest BCUT2D eigenvalue weighted by molar-refractivity contribution is 7.90. The summed E-state index contributed by atoms with van der Waals surface area (Å²) in [6.45, 7) is 7.65. The summed E-state index contributed by atoms with van der Waals surface area (Å²) in [4.78, 5) is 15.7. The number of carbonyl (C=O) groups is 1. The van der Waals surface area contributed by atoms with Gasteiger partial charge in [0.25, 0.3) is 5.91 Å². The number of nitrogens with one attached hydrogen (secondary N) is 1. The zero-order valence-corrected chi connectivity index (χ0v) is 26.6. The third-order valence-electron chi connectivity index (χ3n) is 9.77. The van der Waals surface area contributed by atoms with Crippen LogP contribution in [0.25, 0.3) is 0 Å². The predicted octanol–water partition coefficient (Wildman–Crippen LogP) is 6.54. The SMILES string of the molecule is CO[C@@]1(C)/C=C/C[C@H](C)[C@@H](C)S(=O)(=O)NC(=O)c2ccc3c(c2)N(CCCCc2cc(Cl)ccc2CO3)C[C@@H]2CC[C@H]21. The summed E-state index contributed by atoms with van der Waals surface area (Å²) in [6.07, 6.45) is 9.75. The van der Waals surface area contributed by atoms with E-state index in [9.17, 15) is 13.2 Å². The van der Waals surface area contributed by atoms with Gasteiger partial charge in [-0.2, -0.15) is 0 Å². The lowest BCUT2D eigenvalue weighted by Crippen LogP contribution is -2.49. The van der Waals surface area contributed by atoms with Crippen LogP contribution in [0.5, 0.6) is 5.75 Å². The molecule has 228 valence electrons. The van der Waals surface area contributed by atoms with Crippen molar-refractivity contribution in [2.24, 2.45) is 17.8 Å². The molecule has 0 unspecified atom stereocenters. The second kappa shape index (κ2) is 12.6. The van der Waals surface area contributed by atoms with Gasteiger partial charge < -0.3 is 14.4 Å².